The molecule has 4 fully saturated rings. The van der Waals surface area contributed by atoms with E-state index < -0.39 is 0 Å². The van der Waals surface area contributed by atoms with Gasteiger partial charge in [-0.2, -0.15) is 0 Å². The van der Waals surface area contributed by atoms with Crippen LogP contribution in [0.25, 0.3) is 0 Å². The monoisotopic (exact) mass is 441 g/mol. The fraction of sp³-hybridized carbons (Fsp3) is 0.577. The van der Waals surface area contributed by atoms with E-state index in [0.717, 1.165) is 33.7 Å². The first-order chi connectivity index (χ1) is 14.9. The van der Waals surface area contributed by atoms with Gasteiger partial charge >= 0.3 is 0 Å². The van der Waals surface area contributed by atoms with Crippen molar-refractivity contribution in [3.8, 4) is 5.75 Å². The van der Waals surface area contributed by atoms with Crippen molar-refractivity contribution in [2.45, 2.75) is 71.4 Å². The third-order valence-electron chi connectivity index (χ3n) is 7.69. The lowest BCUT2D eigenvalue weighted by atomic mass is 9.54. The Morgan fingerprint density at radius 3 is 2.45 bits per heavy atom. The molecule has 0 spiro atoms. The summed E-state index contributed by atoms with van der Waals surface area (Å²) in [7, 11) is 0. The lowest BCUT2D eigenvalue weighted by Gasteiger charge is -2.54. The molecule has 6 rings (SSSR count). The smallest absolute Gasteiger partial charge is 0.287 e. The van der Waals surface area contributed by atoms with Crippen LogP contribution >= 0.6 is 11.6 Å². The predicted octanol–water partition coefficient (Wildman–Crippen LogP) is 6.50. The Kier molecular flexibility index (Phi) is 5.54. The van der Waals surface area contributed by atoms with Gasteiger partial charge in [-0.25, -0.2) is 0 Å². The summed E-state index contributed by atoms with van der Waals surface area (Å²) in [4.78, 5) is 12.9. The normalized spacial score (nSPS) is 28.9. The fourth-order valence-corrected chi connectivity index (χ4v) is 6.53. The van der Waals surface area contributed by atoms with Crippen LogP contribution in [0.5, 0.6) is 5.75 Å². The van der Waals surface area contributed by atoms with E-state index in [-0.39, 0.29) is 12.5 Å². The van der Waals surface area contributed by atoms with Gasteiger partial charge in [0.05, 0.1) is 0 Å². The molecule has 1 amide bonds. The molecule has 4 bridgehead atoms. The van der Waals surface area contributed by atoms with Gasteiger partial charge in [-0.15, -0.1) is 0 Å². The molecule has 1 N–H and O–H groups in total. The Balaban J connectivity index is 1.23. The van der Waals surface area contributed by atoms with Crippen LogP contribution in [0.15, 0.2) is 28.7 Å². The second-order valence-electron chi connectivity index (χ2n) is 10.3. The summed E-state index contributed by atoms with van der Waals surface area (Å²) in [5.74, 6) is 5.15. The largest absolute Gasteiger partial charge is 0.485 e. The SMILES string of the molecule is Cc1cc(OCc2ccc(C(=O)NC3C4CC5CC(C4)CC3C5)o2)c(C(C)C)cc1Cl. The van der Waals surface area contributed by atoms with Gasteiger partial charge in [-0.05, 0) is 104 Å². The van der Waals surface area contributed by atoms with Crippen LogP contribution in [0.2, 0.25) is 5.02 Å². The molecule has 0 saturated heterocycles. The quantitative estimate of drug-likeness (QED) is 0.556. The molecule has 0 radical (unpaired) electrons. The van der Waals surface area contributed by atoms with Crippen molar-refractivity contribution in [3.63, 3.8) is 0 Å². The summed E-state index contributed by atoms with van der Waals surface area (Å²) in [5, 5.41) is 4.06. The number of furan rings is 1. The van der Waals surface area contributed by atoms with Crippen LogP contribution in [-0.2, 0) is 6.61 Å². The molecule has 4 nitrogen and oxygen atoms in total. The van der Waals surface area contributed by atoms with E-state index in [0.29, 0.717) is 35.3 Å². The van der Waals surface area contributed by atoms with Crippen LogP contribution in [0.3, 0.4) is 0 Å². The molecule has 1 aromatic carbocycles. The zero-order valence-electron chi connectivity index (χ0n) is 18.6. The number of ether oxygens (including phenoxy) is 1. The van der Waals surface area contributed by atoms with E-state index in [1.807, 2.05) is 25.1 Å². The highest BCUT2D eigenvalue weighted by molar-refractivity contribution is 6.31. The van der Waals surface area contributed by atoms with Crippen molar-refractivity contribution in [1.82, 2.24) is 5.32 Å². The van der Waals surface area contributed by atoms with Crippen molar-refractivity contribution in [2.75, 3.05) is 0 Å². The highest BCUT2D eigenvalue weighted by Gasteiger charge is 2.48. The second-order valence-corrected chi connectivity index (χ2v) is 10.7. The van der Waals surface area contributed by atoms with Crippen LogP contribution < -0.4 is 10.1 Å². The summed E-state index contributed by atoms with van der Waals surface area (Å²) in [6, 6.07) is 7.86. The molecule has 5 heteroatoms. The maximum absolute atomic E-state index is 12.9. The van der Waals surface area contributed by atoms with Crippen molar-refractivity contribution in [2.24, 2.45) is 23.7 Å². The summed E-state index contributed by atoms with van der Waals surface area (Å²) < 4.78 is 11.9. The molecule has 31 heavy (non-hydrogen) atoms. The first-order valence-corrected chi connectivity index (χ1v) is 12.1. The van der Waals surface area contributed by atoms with Gasteiger partial charge in [0.25, 0.3) is 5.91 Å². The Morgan fingerprint density at radius 2 is 1.81 bits per heavy atom. The molecular weight excluding hydrogens is 410 g/mol. The summed E-state index contributed by atoms with van der Waals surface area (Å²) in [6.45, 7) is 6.49. The molecule has 0 unspecified atom stereocenters. The minimum absolute atomic E-state index is 0.0890. The Hall–Kier alpha value is -1.94. The van der Waals surface area contributed by atoms with Crippen molar-refractivity contribution < 1.29 is 13.9 Å². The van der Waals surface area contributed by atoms with Gasteiger partial charge < -0.3 is 14.5 Å². The van der Waals surface area contributed by atoms with E-state index in [9.17, 15) is 4.79 Å². The maximum Gasteiger partial charge on any atom is 0.287 e. The van der Waals surface area contributed by atoms with E-state index in [1.165, 1.54) is 32.1 Å². The minimum Gasteiger partial charge on any atom is -0.485 e. The molecule has 1 heterocycles. The predicted molar refractivity (Wildman–Crippen MR) is 122 cm³/mol. The zero-order valence-corrected chi connectivity index (χ0v) is 19.4. The lowest BCUT2D eigenvalue weighted by Crippen LogP contribution is -2.55. The molecule has 4 aliphatic carbocycles. The van der Waals surface area contributed by atoms with Gasteiger partial charge in [0.1, 0.15) is 18.1 Å². The highest BCUT2D eigenvalue weighted by atomic mass is 35.5. The first kappa shape index (κ1) is 20.9. The third kappa shape index (κ3) is 4.11. The highest BCUT2D eigenvalue weighted by Crippen LogP contribution is 2.53. The molecule has 2 aromatic rings. The van der Waals surface area contributed by atoms with Crippen molar-refractivity contribution >= 4 is 17.5 Å². The number of rotatable bonds is 6. The van der Waals surface area contributed by atoms with Crippen LogP contribution in [0.1, 0.15) is 79.3 Å². The summed E-state index contributed by atoms with van der Waals surface area (Å²) >= 11 is 6.29. The van der Waals surface area contributed by atoms with E-state index in [4.69, 9.17) is 20.8 Å². The number of benzene rings is 1. The number of hydrogen-bond donors (Lipinski definition) is 1. The summed E-state index contributed by atoms with van der Waals surface area (Å²) in [6.07, 6.45) is 6.56. The number of amides is 1. The Labute approximate surface area is 189 Å². The molecular formula is C26H32ClNO3. The van der Waals surface area contributed by atoms with Gasteiger partial charge in [-0.1, -0.05) is 25.4 Å². The van der Waals surface area contributed by atoms with E-state index in [2.05, 4.69) is 19.2 Å². The van der Waals surface area contributed by atoms with Gasteiger partial charge in [0.15, 0.2) is 5.76 Å². The van der Waals surface area contributed by atoms with Crippen LogP contribution in [0, 0.1) is 30.6 Å². The van der Waals surface area contributed by atoms with Crippen molar-refractivity contribution in [3.05, 3.63) is 51.9 Å². The molecule has 0 aliphatic heterocycles. The maximum atomic E-state index is 12.9. The Morgan fingerprint density at radius 1 is 1.13 bits per heavy atom. The van der Waals surface area contributed by atoms with E-state index >= 15 is 0 Å². The lowest BCUT2D eigenvalue weighted by molar-refractivity contribution is -0.0123. The first-order valence-electron chi connectivity index (χ1n) is 11.7. The number of aryl methyl sites for hydroxylation is 1. The number of carbonyl (C=O) groups excluding carboxylic acids is 1. The van der Waals surface area contributed by atoms with Crippen LogP contribution in [-0.4, -0.2) is 11.9 Å². The molecule has 0 atom stereocenters. The molecule has 1 aromatic heterocycles. The third-order valence-corrected chi connectivity index (χ3v) is 8.10. The second kappa shape index (κ2) is 8.20. The average molecular weight is 442 g/mol. The average Bonchev–Trinajstić information content (AvgIpc) is 3.19. The summed E-state index contributed by atoms with van der Waals surface area (Å²) in [5.41, 5.74) is 2.05. The molecule has 166 valence electrons. The van der Waals surface area contributed by atoms with E-state index in [1.54, 1.807) is 6.07 Å². The minimum atomic E-state index is -0.0890. The number of hydrogen-bond acceptors (Lipinski definition) is 3. The van der Waals surface area contributed by atoms with Gasteiger partial charge in [0.2, 0.25) is 0 Å². The number of carbonyl (C=O) groups is 1. The number of halogens is 1. The topological polar surface area (TPSA) is 51.5 Å². The number of nitrogens with one attached hydrogen (secondary N) is 1. The van der Waals surface area contributed by atoms with Gasteiger partial charge in [-0.3, -0.25) is 4.79 Å². The fourth-order valence-electron chi connectivity index (χ4n) is 6.36. The van der Waals surface area contributed by atoms with Gasteiger partial charge in [0, 0.05) is 11.1 Å². The molecule has 4 aliphatic rings. The standard InChI is InChI=1S/C26H32ClNO3/c1-14(2)21-12-22(27)15(3)6-24(21)30-13-20-4-5-23(31-20)26(29)28-25-18-8-16-7-17(10-18)11-19(25)9-16/h4-6,12,14,16-19,25H,7-11,13H2,1-3H3,(H,28,29). The Bertz CT molecular complexity index is 951. The van der Waals surface area contributed by atoms with Crippen molar-refractivity contribution in [1.29, 1.82) is 0 Å². The molecule has 4 saturated carbocycles. The zero-order chi connectivity index (χ0) is 21.7. The van der Waals surface area contributed by atoms with Crippen LogP contribution in [0.4, 0.5) is 0 Å².